The number of anilines is 1. The highest BCUT2D eigenvalue weighted by molar-refractivity contribution is 6.19. The van der Waals surface area contributed by atoms with Gasteiger partial charge in [-0.25, -0.2) is 0 Å². The number of benzene rings is 1. The number of aromatic nitrogens is 2. The van der Waals surface area contributed by atoms with Crippen molar-refractivity contribution in [3.05, 3.63) is 53.7 Å². The minimum Gasteiger partial charge on any atom is -0.357 e. The van der Waals surface area contributed by atoms with Crippen LogP contribution < -0.4 is 5.32 Å². The normalized spacial score (nSPS) is 16.4. The Hall–Kier alpha value is -3.55. The van der Waals surface area contributed by atoms with Gasteiger partial charge in [0.05, 0.1) is 12.2 Å². The third kappa shape index (κ3) is 3.68. The SMILES string of the molecule is CC(C)N1C(=O)C2=C(C1=O)N(CC(=O)Nc1ccc(-c3ccccc3)nn1)CCC2. The van der Waals surface area contributed by atoms with Crippen molar-refractivity contribution < 1.29 is 14.4 Å². The third-order valence-electron chi connectivity index (χ3n) is 5.21. The first-order valence-electron chi connectivity index (χ1n) is 10.0. The van der Waals surface area contributed by atoms with Crippen LogP contribution in [0.3, 0.4) is 0 Å². The highest BCUT2D eigenvalue weighted by Gasteiger charge is 2.43. The molecule has 3 heterocycles. The molecule has 1 aromatic carbocycles. The molecule has 0 bridgehead atoms. The average molecular weight is 405 g/mol. The summed E-state index contributed by atoms with van der Waals surface area (Å²) >= 11 is 0. The average Bonchev–Trinajstić information content (AvgIpc) is 3.00. The van der Waals surface area contributed by atoms with E-state index >= 15 is 0 Å². The molecule has 2 aliphatic heterocycles. The summed E-state index contributed by atoms with van der Waals surface area (Å²) in [6.07, 6.45) is 1.29. The van der Waals surface area contributed by atoms with Gasteiger partial charge in [-0.05, 0) is 38.8 Å². The number of carbonyl (C=O) groups excluding carboxylic acids is 3. The fourth-order valence-corrected chi connectivity index (χ4v) is 3.84. The topological polar surface area (TPSA) is 95.5 Å². The summed E-state index contributed by atoms with van der Waals surface area (Å²) in [6, 6.07) is 12.9. The van der Waals surface area contributed by atoms with E-state index in [1.807, 2.05) is 44.2 Å². The summed E-state index contributed by atoms with van der Waals surface area (Å²) < 4.78 is 0. The number of nitrogens with zero attached hydrogens (tertiary/aromatic N) is 4. The molecule has 2 aliphatic rings. The number of carbonyl (C=O) groups is 3. The summed E-state index contributed by atoms with van der Waals surface area (Å²) in [7, 11) is 0. The molecule has 8 nitrogen and oxygen atoms in total. The van der Waals surface area contributed by atoms with E-state index in [1.165, 1.54) is 4.90 Å². The predicted octanol–water partition coefficient (Wildman–Crippen LogP) is 2.21. The van der Waals surface area contributed by atoms with E-state index in [4.69, 9.17) is 0 Å². The van der Waals surface area contributed by atoms with Crippen molar-refractivity contribution in [2.24, 2.45) is 0 Å². The molecular formula is C22H23N5O3. The number of hydrogen-bond acceptors (Lipinski definition) is 6. The summed E-state index contributed by atoms with van der Waals surface area (Å²) in [6.45, 7) is 4.15. The van der Waals surface area contributed by atoms with Crippen molar-refractivity contribution in [1.82, 2.24) is 20.0 Å². The highest BCUT2D eigenvalue weighted by atomic mass is 16.2. The van der Waals surface area contributed by atoms with Crippen molar-refractivity contribution >= 4 is 23.5 Å². The Morgan fingerprint density at radius 3 is 2.50 bits per heavy atom. The van der Waals surface area contributed by atoms with Gasteiger partial charge in [-0.2, -0.15) is 0 Å². The third-order valence-corrected chi connectivity index (χ3v) is 5.21. The molecule has 8 heteroatoms. The fourth-order valence-electron chi connectivity index (χ4n) is 3.84. The minimum atomic E-state index is -0.315. The van der Waals surface area contributed by atoms with Crippen LogP contribution in [0, 0.1) is 0 Å². The Balaban J connectivity index is 1.44. The molecule has 30 heavy (non-hydrogen) atoms. The van der Waals surface area contributed by atoms with Gasteiger partial charge in [0.15, 0.2) is 5.82 Å². The number of nitrogens with one attached hydrogen (secondary N) is 1. The molecule has 0 radical (unpaired) electrons. The maximum absolute atomic E-state index is 12.8. The molecule has 1 aromatic heterocycles. The fraction of sp³-hybridized carbons (Fsp3) is 0.318. The van der Waals surface area contributed by atoms with Crippen LogP contribution in [-0.4, -0.2) is 56.9 Å². The summed E-state index contributed by atoms with van der Waals surface area (Å²) in [5.74, 6) is -0.528. The molecular weight excluding hydrogens is 382 g/mol. The lowest BCUT2D eigenvalue weighted by molar-refractivity contribution is -0.140. The molecule has 4 rings (SSSR count). The molecule has 0 saturated heterocycles. The van der Waals surface area contributed by atoms with Crippen LogP contribution in [0.15, 0.2) is 53.7 Å². The van der Waals surface area contributed by atoms with Crippen molar-refractivity contribution in [2.45, 2.75) is 32.7 Å². The van der Waals surface area contributed by atoms with Crippen LogP contribution in [-0.2, 0) is 14.4 Å². The Kier molecular flexibility index (Phi) is 5.31. The second-order valence-corrected chi connectivity index (χ2v) is 7.64. The second-order valence-electron chi connectivity index (χ2n) is 7.64. The van der Waals surface area contributed by atoms with Crippen LogP contribution in [0.25, 0.3) is 11.3 Å². The number of rotatable bonds is 5. The number of amides is 3. The monoisotopic (exact) mass is 405 g/mol. The molecule has 1 N–H and O–H groups in total. The van der Waals surface area contributed by atoms with Crippen LogP contribution in [0.5, 0.6) is 0 Å². The van der Waals surface area contributed by atoms with E-state index in [0.29, 0.717) is 35.7 Å². The quantitative estimate of drug-likeness (QED) is 0.767. The predicted molar refractivity (Wildman–Crippen MR) is 111 cm³/mol. The van der Waals surface area contributed by atoms with Crippen LogP contribution in [0.2, 0.25) is 0 Å². The van der Waals surface area contributed by atoms with E-state index in [-0.39, 0.29) is 30.3 Å². The minimum absolute atomic E-state index is 0.0219. The molecule has 2 aromatic rings. The summed E-state index contributed by atoms with van der Waals surface area (Å²) in [4.78, 5) is 40.9. The molecule has 0 aliphatic carbocycles. The van der Waals surface area contributed by atoms with Gasteiger partial charge in [-0.15, -0.1) is 10.2 Å². The first kappa shape index (κ1) is 19.8. The first-order chi connectivity index (χ1) is 14.5. The Labute approximate surface area is 174 Å². The van der Waals surface area contributed by atoms with Crippen molar-refractivity contribution in [3.63, 3.8) is 0 Å². The first-order valence-corrected chi connectivity index (χ1v) is 10.0. The van der Waals surface area contributed by atoms with Gasteiger partial charge in [0.2, 0.25) is 5.91 Å². The van der Waals surface area contributed by atoms with Gasteiger partial charge < -0.3 is 10.2 Å². The summed E-state index contributed by atoms with van der Waals surface area (Å²) in [5.41, 5.74) is 2.53. The molecule has 0 atom stereocenters. The lowest BCUT2D eigenvalue weighted by atomic mass is 10.0. The maximum Gasteiger partial charge on any atom is 0.277 e. The van der Waals surface area contributed by atoms with Gasteiger partial charge >= 0.3 is 0 Å². The van der Waals surface area contributed by atoms with Crippen molar-refractivity contribution in [3.8, 4) is 11.3 Å². The molecule has 0 unspecified atom stereocenters. The van der Waals surface area contributed by atoms with Crippen LogP contribution in [0.1, 0.15) is 26.7 Å². The second kappa shape index (κ2) is 8.06. The van der Waals surface area contributed by atoms with E-state index < -0.39 is 0 Å². The highest BCUT2D eigenvalue weighted by Crippen LogP contribution is 2.32. The zero-order valence-electron chi connectivity index (χ0n) is 17.0. The molecule has 3 amide bonds. The van der Waals surface area contributed by atoms with Crippen molar-refractivity contribution in [1.29, 1.82) is 0 Å². The molecule has 0 saturated carbocycles. The Morgan fingerprint density at radius 1 is 1.07 bits per heavy atom. The number of hydrogen-bond donors (Lipinski definition) is 1. The van der Waals surface area contributed by atoms with Crippen LogP contribution in [0.4, 0.5) is 5.82 Å². The standard InChI is InChI=1S/C22H23N5O3/c1-14(2)27-21(29)16-9-6-12-26(20(16)22(27)30)13-19(28)23-18-11-10-17(24-25-18)15-7-4-3-5-8-15/h3-5,7-8,10-11,14H,6,9,12-13H2,1-2H3,(H,23,25,28). The largest absolute Gasteiger partial charge is 0.357 e. The van der Waals surface area contributed by atoms with Crippen LogP contribution >= 0.6 is 0 Å². The number of imide groups is 1. The Bertz CT molecular complexity index is 1010. The lowest BCUT2D eigenvalue weighted by Crippen LogP contribution is -2.41. The van der Waals surface area contributed by atoms with Gasteiger partial charge in [-0.1, -0.05) is 30.3 Å². The van der Waals surface area contributed by atoms with E-state index in [1.54, 1.807) is 17.0 Å². The van der Waals surface area contributed by atoms with Gasteiger partial charge in [0.25, 0.3) is 11.8 Å². The van der Waals surface area contributed by atoms with Gasteiger partial charge in [-0.3, -0.25) is 19.3 Å². The zero-order valence-corrected chi connectivity index (χ0v) is 17.0. The maximum atomic E-state index is 12.8. The van der Waals surface area contributed by atoms with Gasteiger partial charge in [0, 0.05) is 23.7 Å². The molecule has 0 spiro atoms. The molecule has 0 fully saturated rings. The van der Waals surface area contributed by atoms with Gasteiger partial charge in [0.1, 0.15) is 5.70 Å². The zero-order chi connectivity index (χ0) is 21.3. The smallest absolute Gasteiger partial charge is 0.277 e. The lowest BCUT2D eigenvalue weighted by Gasteiger charge is -2.28. The molecule has 154 valence electrons. The summed E-state index contributed by atoms with van der Waals surface area (Å²) in [5, 5.41) is 11.0. The van der Waals surface area contributed by atoms with E-state index in [0.717, 1.165) is 12.0 Å². The Morgan fingerprint density at radius 2 is 1.83 bits per heavy atom. The van der Waals surface area contributed by atoms with E-state index in [2.05, 4.69) is 15.5 Å². The van der Waals surface area contributed by atoms with E-state index in [9.17, 15) is 14.4 Å². The van der Waals surface area contributed by atoms with Crippen molar-refractivity contribution in [2.75, 3.05) is 18.4 Å².